The first kappa shape index (κ1) is 16.3. The summed E-state index contributed by atoms with van der Waals surface area (Å²) in [5, 5.41) is 20.0. The van der Waals surface area contributed by atoms with Gasteiger partial charge in [-0.1, -0.05) is 6.07 Å². The lowest BCUT2D eigenvalue weighted by molar-refractivity contribution is -0.677. The van der Waals surface area contributed by atoms with Gasteiger partial charge in [-0.05, 0) is 40.5 Å². The van der Waals surface area contributed by atoms with Crippen molar-refractivity contribution in [2.75, 3.05) is 13.7 Å². The van der Waals surface area contributed by atoms with Gasteiger partial charge in [0.05, 0.1) is 36.4 Å². The van der Waals surface area contributed by atoms with Crippen LogP contribution in [-0.4, -0.2) is 31.6 Å². The summed E-state index contributed by atoms with van der Waals surface area (Å²) >= 11 is 3.45. The molecule has 0 aromatic heterocycles. The first-order valence-electron chi connectivity index (χ1n) is 7.81. The summed E-state index contributed by atoms with van der Waals surface area (Å²) in [6, 6.07) is 10.0. The molecule has 3 N–H and O–H groups in total. The summed E-state index contributed by atoms with van der Waals surface area (Å²) in [6.07, 6.45) is -0.205. The van der Waals surface area contributed by atoms with Crippen molar-refractivity contribution < 1.29 is 19.2 Å². The molecule has 1 aromatic rings. The number of rotatable bonds is 2. The lowest BCUT2D eigenvalue weighted by atomic mass is 9.94. The SMILES string of the molecule is COc1ccc([C@H]2[C@@]3(C#N)[C@@]4([NH+]=C(N)[C@@]23C#N)OC[C@H](C)O4)cc1Br. The van der Waals surface area contributed by atoms with Gasteiger partial charge in [0, 0.05) is 5.92 Å². The van der Waals surface area contributed by atoms with E-state index in [1.165, 1.54) is 0 Å². The molecule has 0 unspecified atom stereocenters. The molecule has 5 atom stereocenters. The van der Waals surface area contributed by atoms with Crippen molar-refractivity contribution in [2.24, 2.45) is 16.6 Å². The van der Waals surface area contributed by atoms with Gasteiger partial charge in [0.2, 0.25) is 0 Å². The number of halogens is 1. The van der Waals surface area contributed by atoms with Gasteiger partial charge in [-0.25, -0.2) is 4.99 Å². The highest BCUT2D eigenvalue weighted by Crippen LogP contribution is 2.79. The maximum atomic E-state index is 10.1. The van der Waals surface area contributed by atoms with Gasteiger partial charge in [-0.2, -0.15) is 10.5 Å². The highest BCUT2D eigenvalue weighted by Gasteiger charge is 2.97. The number of hydrogen-bond donors (Lipinski definition) is 2. The van der Waals surface area contributed by atoms with E-state index in [-0.39, 0.29) is 11.9 Å². The van der Waals surface area contributed by atoms with E-state index >= 15 is 0 Å². The molecule has 0 amide bonds. The maximum absolute atomic E-state index is 10.1. The number of fused-ring (bicyclic) bond motifs is 2. The maximum Gasteiger partial charge on any atom is 0.343 e. The van der Waals surface area contributed by atoms with Crippen LogP contribution in [0.25, 0.3) is 0 Å². The van der Waals surface area contributed by atoms with Crippen molar-refractivity contribution in [3.05, 3.63) is 28.2 Å². The number of amidine groups is 1. The lowest BCUT2D eigenvalue weighted by Gasteiger charge is -2.24. The van der Waals surface area contributed by atoms with Gasteiger partial charge in [0.25, 0.3) is 5.84 Å². The monoisotopic (exact) mass is 403 g/mol. The molecule has 0 radical (unpaired) electrons. The quantitative estimate of drug-likeness (QED) is 0.724. The van der Waals surface area contributed by atoms with Crippen LogP contribution in [0.5, 0.6) is 5.75 Å². The largest absolute Gasteiger partial charge is 0.496 e. The zero-order valence-corrected chi connectivity index (χ0v) is 15.3. The topological polar surface area (TPSA) is 115 Å². The third kappa shape index (κ3) is 1.63. The van der Waals surface area contributed by atoms with E-state index in [0.29, 0.717) is 12.4 Å². The Bertz CT molecular complexity index is 891. The van der Waals surface area contributed by atoms with Gasteiger partial charge in [-0.15, -0.1) is 0 Å². The Labute approximate surface area is 153 Å². The molecule has 128 valence electrons. The molecule has 1 saturated carbocycles. The van der Waals surface area contributed by atoms with Crippen molar-refractivity contribution in [3.63, 3.8) is 0 Å². The molecule has 25 heavy (non-hydrogen) atoms. The Hall–Kier alpha value is -2.13. The first-order valence-corrected chi connectivity index (χ1v) is 8.60. The second-order valence-electron chi connectivity index (χ2n) is 6.56. The minimum atomic E-state index is -1.40. The number of nitrogens with zero attached hydrogens (tertiary/aromatic N) is 2. The molecule has 8 heteroatoms. The van der Waals surface area contributed by atoms with E-state index in [2.05, 4.69) is 33.1 Å². The Balaban J connectivity index is 1.89. The van der Waals surface area contributed by atoms with E-state index in [0.717, 1.165) is 10.0 Å². The zero-order valence-electron chi connectivity index (χ0n) is 13.7. The van der Waals surface area contributed by atoms with Gasteiger partial charge < -0.3 is 14.2 Å². The molecule has 1 aliphatic carbocycles. The molecule has 2 aliphatic heterocycles. The normalized spacial score (nSPS) is 40.9. The molecule has 4 rings (SSSR count). The predicted octanol–water partition coefficient (Wildman–Crippen LogP) is 0.115. The highest BCUT2D eigenvalue weighted by atomic mass is 79.9. The number of nitrogens with two attached hydrogens (primary N) is 1. The van der Waals surface area contributed by atoms with Crippen molar-refractivity contribution in [2.45, 2.75) is 24.9 Å². The van der Waals surface area contributed by atoms with Crippen LogP contribution in [-0.2, 0) is 9.47 Å². The fourth-order valence-electron chi connectivity index (χ4n) is 4.33. The second-order valence-corrected chi connectivity index (χ2v) is 7.42. The smallest absolute Gasteiger partial charge is 0.343 e. The van der Waals surface area contributed by atoms with Crippen LogP contribution in [0.3, 0.4) is 0 Å². The van der Waals surface area contributed by atoms with Crippen LogP contribution in [0.1, 0.15) is 18.4 Å². The van der Waals surface area contributed by atoms with Crippen LogP contribution in [0, 0.1) is 33.5 Å². The summed E-state index contributed by atoms with van der Waals surface area (Å²) in [5.41, 5.74) is 4.52. The third-order valence-corrected chi connectivity index (χ3v) is 6.02. The summed E-state index contributed by atoms with van der Waals surface area (Å²) in [6.45, 7) is 2.18. The van der Waals surface area contributed by atoms with Crippen LogP contribution in [0.2, 0.25) is 0 Å². The number of ether oxygens (including phenoxy) is 3. The second kappa shape index (κ2) is 4.95. The number of nitriles is 2. The van der Waals surface area contributed by atoms with Crippen molar-refractivity contribution in [3.8, 4) is 17.9 Å². The fourth-order valence-corrected chi connectivity index (χ4v) is 4.88. The van der Waals surface area contributed by atoms with E-state index in [4.69, 9.17) is 19.9 Å². The van der Waals surface area contributed by atoms with Gasteiger partial charge >= 0.3 is 5.91 Å². The Morgan fingerprint density at radius 3 is 2.68 bits per heavy atom. The molecular weight excluding hydrogens is 388 g/mol. The molecule has 1 spiro atoms. The van der Waals surface area contributed by atoms with Crippen LogP contribution in [0.4, 0.5) is 0 Å². The summed E-state index contributed by atoms with van der Waals surface area (Å²) in [4.78, 5) is 2.95. The molecule has 2 fully saturated rings. The number of hydrogen-bond acceptors (Lipinski definition) is 6. The minimum absolute atomic E-state index is 0.205. The average Bonchev–Trinajstić information content (AvgIpc) is 2.99. The van der Waals surface area contributed by atoms with Crippen LogP contribution < -0.4 is 15.5 Å². The lowest BCUT2D eigenvalue weighted by Crippen LogP contribution is -2.90. The fraction of sp³-hybridized carbons (Fsp3) is 0.471. The van der Waals surface area contributed by atoms with E-state index in [9.17, 15) is 10.5 Å². The summed E-state index contributed by atoms with van der Waals surface area (Å²) < 4.78 is 17.8. The highest BCUT2D eigenvalue weighted by molar-refractivity contribution is 9.10. The number of benzene rings is 1. The molecule has 3 aliphatic rings. The molecule has 1 aromatic carbocycles. The van der Waals surface area contributed by atoms with E-state index in [1.54, 1.807) is 13.2 Å². The molecule has 1 saturated heterocycles. The number of nitrogens with one attached hydrogen (secondary N) is 1. The van der Waals surface area contributed by atoms with Gasteiger partial charge in [-0.3, -0.25) is 5.73 Å². The molecule has 2 heterocycles. The number of methoxy groups -OCH3 is 1. The van der Waals surface area contributed by atoms with Crippen LogP contribution in [0.15, 0.2) is 22.7 Å². The van der Waals surface area contributed by atoms with Crippen LogP contribution >= 0.6 is 15.9 Å². The van der Waals surface area contributed by atoms with Crippen molar-refractivity contribution in [1.29, 1.82) is 10.5 Å². The minimum Gasteiger partial charge on any atom is -0.496 e. The molecule has 7 nitrogen and oxygen atoms in total. The van der Waals surface area contributed by atoms with Crippen molar-refractivity contribution >= 4 is 21.8 Å². The predicted molar refractivity (Wildman–Crippen MR) is 88.9 cm³/mol. The summed E-state index contributed by atoms with van der Waals surface area (Å²) in [7, 11) is 1.57. The van der Waals surface area contributed by atoms with E-state index in [1.807, 2.05) is 19.1 Å². The van der Waals surface area contributed by atoms with Gasteiger partial charge in [0.1, 0.15) is 5.75 Å². The third-order valence-electron chi connectivity index (χ3n) is 5.40. The standard InChI is InChI=1S/C17H15BrN4O3/c1-9-6-24-17(25-9)16(8-20)13(15(16,7-19)14(21)22-17)10-3-4-12(23-2)11(18)5-10/h3-5,9,13H,6H2,1-2H3,(H2,21,22)/p+1/t9-,13+,15+,16+,17+/m0/s1. The van der Waals surface area contributed by atoms with E-state index < -0.39 is 22.7 Å². The molecule has 0 bridgehead atoms. The Kier molecular flexibility index (Phi) is 3.24. The Morgan fingerprint density at radius 1 is 1.40 bits per heavy atom. The summed E-state index contributed by atoms with van der Waals surface area (Å²) in [5.74, 6) is -0.998. The first-order chi connectivity index (χ1) is 11.9. The Morgan fingerprint density at radius 2 is 2.16 bits per heavy atom. The average molecular weight is 404 g/mol. The van der Waals surface area contributed by atoms with Gasteiger partial charge in [0.15, 0.2) is 10.8 Å². The zero-order chi connectivity index (χ0) is 18.0. The molecular formula is C17H16BrN4O3+. The van der Waals surface area contributed by atoms with Crippen molar-refractivity contribution in [1.82, 2.24) is 0 Å².